The van der Waals surface area contributed by atoms with Gasteiger partial charge >= 0.3 is 0 Å². The maximum atomic E-state index is 13.3. The van der Waals surface area contributed by atoms with Crippen molar-refractivity contribution in [3.8, 4) is 0 Å². The second kappa shape index (κ2) is 9.39. The van der Waals surface area contributed by atoms with E-state index in [0.717, 1.165) is 36.7 Å². The fraction of sp³-hybridized carbons (Fsp3) is 0.545. The van der Waals surface area contributed by atoms with Crippen molar-refractivity contribution < 1.29 is 9.13 Å². The Morgan fingerprint density at radius 3 is 2.62 bits per heavy atom. The van der Waals surface area contributed by atoms with Crippen LogP contribution in [0.25, 0.3) is 0 Å². The first-order valence-corrected chi connectivity index (χ1v) is 10.3. The molecule has 29 heavy (non-hydrogen) atoms. The van der Waals surface area contributed by atoms with Crippen LogP contribution in [0, 0.1) is 19.7 Å². The molecule has 1 aliphatic rings. The van der Waals surface area contributed by atoms with Gasteiger partial charge in [-0.15, -0.1) is 0 Å². The number of hydrogen-bond donors (Lipinski definition) is 1. The van der Waals surface area contributed by atoms with Crippen LogP contribution in [0.5, 0.6) is 0 Å². The van der Waals surface area contributed by atoms with E-state index in [0.29, 0.717) is 13.1 Å². The molecule has 1 N–H and O–H groups in total. The van der Waals surface area contributed by atoms with Gasteiger partial charge in [0.05, 0.1) is 18.3 Å². The first-order valence-electron chi connectivity index (χ1n) is 10.3. The quantitative estimate of drug-likeness (QED) is 0.618. The van der Waals surface area contributed by atoms with Gasteiger partial charge in [-0.3, -0.25) is 9.67 Å². The van der Waals surface area contributed by atoms with Crippen LogP contribution in [-0.2, 0) is 18.2 Å². The number of hydrogen-bond acceptors (Lipinski definition) is 3. The summed E-state index contributed by atoms with van der Waals surface area (Å²) in [7, 11) is 1.98. The number of aryl methyl sites for hydroxylation is 2. The smallest absolute Gasteiger partial charge is 0.194 e. The number of benzene rings is 1. The Hall–Kier alpha value is -2.41. The van der Waals surface area contributed by atoms with Crippen molar-refractivity contribution in [3.05, 3.63) is 52.6 Å². The molecule has 6 nitrogen and oxygen atoms in total. The summed E-state index contributed by atoms with van der Waals surface area (Å²) in [6.45, 7) is 11.2. The minimum atomic E-state index is -0.231. The molecule has 2 heterocycles. The van der Waals surface area contributed by atoms with Crippen LogP contribution < -0.4 is 5.32 Å². The second-order valence-electron chi connectivity index (χ2n) is 7.65. The Balaban J connectivity index is 1.72. The molecule has 2 unspecified atom stereocenters. The third-order valence-corrected chi connectivity index (χ3v) is 5.42. The Morgan fingerprint density at radius 2 is 2.00 bits per heavy atom. The second-order valence-corrected chi connectivity index (χ2v) is 7.65. The molecule has 1 saturated heterocycles. The van der Waals surface area contributed by atoms with E-state index in [1.165, 1.54) is 23.4 Å². The Bertz CT molecular complexity index is 846. The lowest BCUT2D eigenvalue weighted by atomic mass is 10.1. The van der Waals surface area contributed by atoms with Gasteiger partial charge in [0.15, 0.2) is 5.96 Å². The number of guanidine groups is 1. The molecule has 1 aromatic carbocycles. The maximum Gasteiger partial charge on any atom is 0.194 e. The van der Waals surface area contributed by atoms with Gasteiger partial charge in [-0.1, -0.05) is 12.1 Å². The van der Waals surface area contributed by atoms with Crippen molar-refractivity contribution in [3.63, 3.8) is 0 Å². The molecule has 0 spiro atoms. The molecule has 1 aliphatic heterocycles. The number of morpholine rings is 1. The van der Waals surface area contributed by atoms with Gasteiger partial charge in [-0.25, -0.2) is 4.39 Å². The van der Waals surface area contributed by atoms with E-state index >= 15 is 0 Å². The predicted octanol–water partition coefficient (Wildman–Crippen LogP) is 3.15. The van der Waals surface area contributed by atoms with Gasteiger partial charge in [0.1, 0.15) is 11.9 Å². The SMILES string of the molecule is CCNC(=NCCc1c(C)nn(C)c1C)N1CC(C)OC(c2ccc(F)cc2)C1. The standard InChI is InChI=1S/C22H32FN5O/c1-6-24-22(25-12-11-20-16(3)26-27(5)17(20)4)28-13-15(2)29-21(14-28)18-7-9-19(23)10-8-18/h7-10,15,21H,6,11-14H2,1-5H3,(H,24,25). The summed E-state index contributed by atoms with van der Waals surface area (Å²) in [5.41, 5.74) is 4.52. The van der Waals surface area contributed by atoms with Crippen LogP contribution in [0.4, 0.5) is 4.39 Å². The lowest BCUT2D eigenvalue weighted by Crippen LogP contribution is -2.50. The fourth-order valence-electron chi connectivity index (χ4n) is 3.86. The molecule has 7 heteroatoms. The van der Waals surface area contributed by atoms with Gasteiger partial charge in [0.2, 0.25) is 0 Å². The Kier molecular flexibility index (Phi) is 6.90. The molecule has 0 saturated carbocycles. The van der Waals surface area contributed by atoms with Crippen molar-refractivity contribution in [1.82, 2.24) is 20.0 Å². The summed E-state index contributed by atoms with van der Waals surface area (Å²) in [6.07, 6.45) is 0.818. The van der Waals surface area contributed by atoms with Crippen LogP contribution in [0.3, 0.4) is 0 Å². The van der Waals surface area contributed by atoms with Crippen LogP contribution >= 0.6 is 0 Å². The molecule has 3 rings (SSSR count). The highest BCUT2D eigenvalue weighted by molar-refractivity contribution is 5.80. The number of aliphatic imine (C=N–C) groups is 1. The average Bonchev–Trinajstić information content (AvgIpc) is 2.93. The highest BCUT2D eigenvalue weighted by Gasteiger charge is 2.28. The predicted molar refractivity (Wildman–Crippen MR) is 114 cm³/mol. The summed E-state index contributed by atoms with van der Waals surface area (Å²) in [5, 5.41) is 7.91. The summed E-state index contributed by atoms with van der Waals surface area (Å²) >= 11 is 0. The zero-order valence-corrected chi connectivity index (χ0v) is 18.1. The summed E-state index contributed by atoms with van der Waals surface area (Å²) in [4.78, 5) is 7.12. The third kappa shape index (κ3) is 5.15. The number of nitrogens with one attached hydrogen (secondary N) is 1. The molecule has 1 aromatic heterocycles. The molecule has 0 aliphatic carbocycles. The van der Waals surface area contributed by atoms with E-state index in [2.05, 4.69) is 36.1 Å². The first-order chi connectivity index (χ1) is 13.9. The van der Waals surface area contributed by atoms with Gasteiger partial charge in [0, 0.05) is 32.4 Å². The lowest BCUT2D eigenvalue weighted by Gasteiger charge is -2.38. The van der Waals surface area contributed by atoms with Crippen molar-refractivity contribution >= 4 is 5.96 Å². The molecule has 1 fully saturated rings. The highest BCUT2D eigenvalue weighted by atomic mass is 19.1. The molecule has 2 atom stereocenters. The fourth-order valence-corrected chi connectivity index (χ4v) is 3.86. The molecular weight excluding hydrogens is 369 g/mol. The van der Waals surface area contributed by atoms with E-state index in [4.69, 9.17) is 9.73 Å². The van der Waals surface area contributed by atoms with Crippen molar-refractivity contribution in [1.29, 1.82) is 0 Å². The van der Waals surface area contributed by atoms with Crippen LogP contribution in [0.1, 0.15) is 42.5 Å². The number of halogens is 1. The van der Waals surface area contributed by atoms with Crippen molar-refractivity contribution in [2.75, 3.05) is 26.2 Å². The molecule has 0 radical (unpaired) electrons. The first kappa shape index (κ1) is 21.3. The Labute approximate surface area is 172 Å². The van der Waals surface area contributed by atoms with Crippen LogP contribution in [0.15, 0.2) is 29.3 Å². The van der Waals surface area contributed by atoms with E-state index < -0.39 is 0 Å². The van der Waals surface area contributed by atoms with Gasteiger partial charge in [0.25, 0.3) is 0 Å². The van der Waals surface area contributed by atoms with Crippen molar-refractivity contribution in [2.24, 2.45) is 12.0 Å². The number of nitrogens with zero attached hydrogens (tertiary/aromatic N) is 4. The van der Waals surface area contributed by atoms with Crippen LogP contribution in [0.2, 0.25) is 0 Å². The normalized spacial score (nSPS) is 20.2. The molecule has 158 valence electrons. The zero-order chi connectivity index (χ0) is 21.0. The van der Waals surface area contributed by atoms with E-state index in [1.54, 1.807) is 12.1 Å². The lowest BCUT2D eigenvalue weighted by molar-refractivity contribution is -0.0605. The van der Waals surface area contributed by atoms with Gasteiger partial charge < -0.3 is 15.0 Å². The number of rotatable bonds is 5. The van der Waals surface area contributed by atoms with Crippen LogP contribution in [-0.4, -0.2) is 52.9 Å². The Morgan fingerprint density at radius 1 is 1.28 bits per heavy atom. The average molecular weight is 402 g/mol. The van der Waals surface area contributed by atoms with Gasteiger partial charge in [-0.2, -0.15) is 5.10 Å². The van der Waals surface area contributed by atoms with Crippen molar-refractivity contribution in [2.45, 2.75) is 46.3 Å². The minimum Gasteiger partial charge on any atom is -0.367 e. The molecular formula is C22H32FN5O. The van der Waals surface area contributed by atoms with E-state index in [-0.39, 0.29) is 18.0 Å². The minimum absolute atomic E-state index is 0.0606. The summed E-state index contributed by atoms with van der Waals surface area (Å²) < 4.78 is 21.3. The summed E-state index contributed by atoms with van der Waals surface area (Å²) in [6, 6.07) is 6.57. The number of ether oxygens (including phenoxy) is 1. The topological polar surface area (TPSA) is 54.7 Å². The maximum absolute atomic E-state index is 13.3. The number of aromatic nitrogens is 2. The zero-order valence-electron chi connectivity index (χ0n) is 18.1. The third-order valence-electron chi connectivity index (χ3n) is 5.42. The summed E-state index contributed by atoms with van der Waals surface area (Å²) in [5.74, 6) is 0.666. The largest absolute Gasteiger partial charge is 0.367 e. The molecule has 0 bridgehead atoms. The molecule has 2 aromatic rings. The molecule has 0 amide bonds. The van der Waals surface area contributed by atoms with Gasteiger partial charge in [-0.05, 0) is 57.4 Å². The van der Waals surface area contributed by atoms with E-state index in [1.807, 2.05) is 18.7 Å². The highest BCUT2D eigenvalue weighted by Crippen LogP contribution is 2.25. The van der Waals surface area contributed by atoms with E-state index in [9.17, 15) is 4.39 Å². The monoisotopic (exact) mass is 401 g/mol.